The van der Waals surface area contributed by atoms with Crippen LogP contribution in [-0.4, -0.2) is 23.1 Å². The molecule has 0 spiro atoms. The molecule has 0 aliphatic rings. The van der Waals surface area contributed by atoms with E-state index in [-0.39, 0.29) is 11.1 Å². The molecular weight excluding hydrogens is 172 g/mol. The van der Waals surface area contributed by atoms with Crippen molar-refractivity contribution in [2.45, 2.75) is 0 Å². The lowest BCUT2D eigenvalue weighted by Crippen LogP contribution is -2.01. The van der Waals surface area contributed by atoms with Crippen LogP contribution in [0.5, 0.6) is 0 Å². The van der Waals surface area contributed by atoms with Gasteiger partial charge >= 0.3 is 5.97 Å². The van der Waals surface area contributed by atoms with Crippen molar-refractivity contribution in [3.8, 4) is 0 Å². The van der Waals surface area contributed by atoms with Gasteiger partial charge in [0.25, 0.3) is 6.29 Å². The summed E-state index contributed by atoms with van der Waals surface area (Å²) in [5.41, 5.74) is 0.211. The number of Topliss-reactive ketones (excluding diaryl/α,β-unsaturated/α-hetero) is 1. The molecular formula is C9H5O4. The summed E-state index contributed by atoms with van der Waals surface area (Å²) in [6.45, 7) is 0. The van der Waals surface area contributed by atoms with Gasteiger partial charge in [0.1, 0.15) is 0 Å². The van der Waals surface area contributed by atoms with Gasteiger partial charge in [0.05, 0.1) is 5.56 Å². The van der Waals surface area contributed by atoms with Gasteiger partial charge in [-0.25, -0.2) is 4.79 Å². The molecule has 1 aromatic carbocycles. The minimum Gasteiger partial charge on any atom is -0.478 e. The first-order valence-corrected chi connectivity index (χ1v) is 3.41. The summed E-state index contributed by atoms with van der Waals surface area (Å²) in [4.78, 5) is 31.0. The lowest BCUT2D eigenvalue weighted by Gasteiger charge is -1.94. The third-order valence-corrected chi connectivity index (χ3v) is 1.49. The molecule has 0 aliphatic heterocycles. The largest absolute Gasteiger partial charge is 0.478 e. The molecule has 0 atom stereocenters. The number of carbonyl (C=O) groups is 2. The SMILES string of the molecule is O=[C]C(=O)c1ccc(C(=O)O)cc1. The van der Waals surface area contributed by atoms with E-state index in [9.17, 15) is 14.4 Å². The highest BCUT2D eigenvalue weighted by Gasteiger charge is 2.06. The number of aromatic carboxylic acids is 1. The molecule has 4 nitrogen and oxygen atoms in total. The molecule has 0 heterocycles. The minimum atomic E-state index is -1.07. The molecule has 0 saturated carbocycles. The van der Waals surface area contributed by atoms with Gasteiger partial charge in [-0.15, -0.1) is 0 Å². The highest BCUT2D eigenvalue weighted by molar-refractivity contribution is 6.33. The van der Waals surface area contributed by atoms with Crippen molar-refractivity contribution < 1.29 is 19.5 Å². The van der Waals surface area contributed by atoms with Crippen molar-refractivity contribution in [3.63, 3.8) is 0 Å². The van der Waals surface area contributed by atoms with Crippen LogP contribution in [0.25, 0.3) is 0 Å². The average Bonchev–Trinajstić information content (AvgIpc) is 2.17. The predicted octanol–water partition coefficient (Wildman–Crippen LogP) is 0.677. The Morgan fingerprint density at radius 3 is 1.92 bits per heavy atom. The van der Waals surface area contributed by atoms with Crippen molar-refractivity contribution in [1.82, 2.24) is 0 Å². The van der Waals surface area contributed by atoms with Gasteiger partial charge in [-0.2, -0.15) is 0 Å². The zero-order chi connectivity index (χ0) is 9.84. The first kappa shape index (κ1) is 9.12. The van der Waals surface area contributed by atoms with E-state index < -0.39 is 11.8 Å². The van der Waals surface area contributed by atoms with Crippen molar-refractivity contribution >= 4 is 18.0 Å². The van der Waals surface area contributed by atoms with Crippen molar-refractivity contribution in [3.05, 3.63) is 35.4 Å². The molecule has 1 N–H and O–H groups in total. The monoisotopic (exact) mass is 177 g/mol. The second-order valence-electron chi connectivity index (χ2n) is 2.31. The highest BCUT2D eigenvalue weighted by Crippen LogP contribution is 2.04. The lowest BCUT2D eigenvalue weighted by molar-refractivity contribution is 0.0696. The molecule has 1 rings (SSSR count). The Balaban J connectivity index is 3.00. The normalized spacial score (nSPS) is 9.23. The molecule has 0 fully saturated rings. The van der Waals surface area contributed by atoms with Crippen LogP contribution in [-0.2, 0) is 4.79 Å². The number of rotatable bonds is 3. The highest BCUT2D eigenvalue weighted by atomic mass is 16.4. The zero-order valence-corrected chi connectivity index (χ0v) is 6.48. The van der Waals surface area contributed by atoms with Crippen molar-refractivity contribution in [1.29, 1.82) is 0 Å². The van der Waals surface area contributed by atoms with Crippen LogP contribution in [0.3, 0.4) is 0 Å². The van der Waals surface area contributed by atoms with E-state index in [2.05, 4.69) is 0 Å². The number of ketones is 1. The number of carboxylic acids is 1. The number of hydrogen-bond donors (Lipinski definition) is 1. The average molecular weight is 177 g/mol. The van der Waals surface area contributed by atoms with Crippen LogP contribution in [0.2, 0.25) is 0 Å². The molecule has 13 heavy (non-hydrogen) atoms. The quantitative estimate of drug-likeness (QED) is 0.544. The Morgan fingerprint density at radius 1 is 1.08 bits per heavy atom. The second-order valence-corrected chi connectivity index (χ2v) is 2.31. The van der Waals surface area contributed by atoms with Crippen LogP contribution in [0.1, 0.15) is 20.7 Å². The minimum absolute atomic E-state index is 0.0717. The van der Waals surface area contributed by atoms with Crippen molar-refractivity contribution in [2.24, 2.45) is 0 Å². The van der Waals surface area contributed by atoms with E-state index in [1.807, 2.05) is 0 Å². The standard InChI is InChI=1S/C9H5O4/c10-5-8(11)6-1-3-7(4-2-6)9(12)13/h1-4H,(H,12,13). The summed E-state index contributed by atoms with van der Waals surface area (Å²) in [5, 5.41) is 8.51. The maximum Gasteiger partial charge on any atom is 0.335 e. The fraction of sp³-hybridized carbons (Fsp3) is 0. The van der Waals surface area contributed by atoms with E-state index >= 15 is 0 Å². The van der Waals surface area contributed by atoms with Crippen LogP contribution in [0, 0.1) is 0 Å². The van der Waals surface area contributed by atoms with Crippen molar-refractivity contribution in [2.75, 3.05) is 0 Å². The van der Waals surface area contributed by atoms with Crippen LogP contribution in [0.15, 0.2) is 24.3 Å². The Labute approximate surface area is 73.8 Å². The van der Waals surface area contributed by atoms with Gasteiger partial charge in [0, 0.05) is 5.56 Å². The Bertz CT molecular complexity index is 350. The maximum atomic E-state index is 10.7. The summed E-state index contributed by atoms with van der Waals surface area (Å²) in [6.07, 6.45) is 1.19. The molecule has 1 aromatic rings. The number of carbonyl (C=O) groups excluding carboxylic acids is 2. The molecule has 0 amide bonds. The number of benzene rings is 1. The van der Waals surface area contributed by atoms with Gasteiger partial charge in [-0.3, -0.25) is 9.59 Å². The fourth-order valence-electron chi connectivity index (χ4n) is 0.823. The Hall–Kier alpha value is -1.97. The molecule has 0 aliphatic carbocycles. The third-order valence-electron chi connectivity index (χ3n) is 1.49. The van der Waals surface area contributed by atoms with E-state index in [1.54, 1.807) is 0 Å². The number of hydrogen-bond acceptors (Lipinski definition) is 3. The smallest absolute Gasteiger partial charge is 0.335 e. The topological polar surface area (TPSA) is 71.4 Å². The van der Waals surface area contributed by atoms with Crippen LogP contribution in [0.4, 0.5) is 0 Å². The summed E-state index contributed by atoms with van der Waals surface area (Å²) in [7, 11) is 0. The first-order chi connectivity index (χ1) is 6.15. The number of carboxylic acid groups (broad SMARTS) is 1. The van der Waals surface area contributed by atoms with Gasteiger partial charge in [-0.05, 0) is 12.1 Å². The van der Waals surface area contributed by atoms with Gasteiger partial charge in [-0.1, -0.05) is 12.1 Å². The summed E-state index contributed by atoms with van der Waals surface area (Å²) in [6, 6.07) is 5.06. The zero-order valence-electron chi connectivity index (χ0n) is 6.48. The van der Waals surface area contributed by atoms with Gasteiger partial charge < -0.3 is 5.11 Å². The van der Waals surface area contributed by atoms with E-state index in [0.717, 1.165) is 0 Å². The first-order valence-electron chi connectivity index (χ1n) is 3.41. The predicted molar refractivity (Wildman–Crippen MR) is 43.4 cm³/mol. The van der Waals surface area contributed by atoms with E-state index in [1.165, 1.54) is 30.6 Å². The molecule has 0 bridgehead atoms. The Morgan fingerprint density at radius 2 is 1.54 bits per heavy atom. The Kier molecular flexibility index (Phi) is 2.54. The van der Waals surface area contributed by atoms with Crippen LogP contribution < -0.4 is 0 Å². The summed E-state index contributed by atoms with van der Waals surface area (Å²) < 4.78 is 0. The van der Waals surface area contributed by atoms with E-state index in [0.29, 0.717) is 0 Å². The summed E-state index contributed by atoms with van der Waals surface area (Å²) in [5.74, 6) is -1.86. The van der Waals surface area contributed by atoms with Gasteiger partial charge in [0.15, 0.2) is 0 Å². The summed E-state index contributed by atoms with van der Waals surface area (Å²) >= 11 is 0. The second kappa shape index (κ2) is 3.62. The van der Waals surface area contributed by atoms with E-state index in [4.69, 9.17) is 5.11 Å². The fourth-order valence-corrected chi connectivity index (χ4v) is 0.823. The molecule has 1 radical (unpaired) electrons. The lowest BCUT2D eigenvalue weighted by atomic mass is 10.1. The molecule has 4 heteroatoms. The third kappa shape index (κ3) is 1.99. The molecule has 0 aromatic heterocycles. The molecule has 0 saturated heterocycles. The molecule has 65 valence electrons. The molecule has 0 unspecified atom stereocenters. The maximum absolute atomic E-state index is 10.7. The van der Waals surface area contributed by atoms with Gasteiger partial charge in [0.2, 0.25) is 5.78 Å². The van der Waals surface area contributed by atoms with Crippen LogP contribution >= 0.6 is 0 Å².